The molecule has 0 bridgehead atoms. The normalized spacial score (nSPS) is 16.6. The lowest BCUT2D eigenvalue weighted by molar-refractivity contribution is -0.137. The summed E-state index contributed by atoms with van der Waals surface area (Å²) in [7, 11) is -2.12. The van der Waals surface area contributed by atoms with Crippen molar-refractivity contribution in [3.8, 4) is 0 Å². The van der Waals surface area contributed by atoms with Gasteiger partial charge >= 0.3 is 5.97 Å². The van der Waals surface area contributed by atoms with Crippen molar-refractivity contribution in [3.05, 3.63) is 24.2 Å². The van der Waals surface area contributed by atoms with Gasteiger partial charge in [-0.1, -0.05) is 50.1 Å². The summed E-state index contributed by atoms with van der Waals surface area (Å²) in [6.07, 6.45) is 11.7. The zero-order valence-corrected chi connectivity index (χ0v) is 18.0. The average Bonchev–Trinajstić information content (AvgIpc) is 3.36. The topological polar surface area (TPSA) is 140 Å². The van der Waals surface area contributed by atoms with Crippen molar-refractivity contribution in [1.82, 2.24) is 24.4 Å². The number of carbonyl (C=O) groups is 1. The molecule has 2 aromatic rings. The maximum absolute atomic E-state index is 12.2. The summed E-state index contributed by atoms with van der Waals surface area (Å²) in [5.41, 5.74) is 0. The van der Waals surface area contributed by atoms with Gasteiger partial charge in [-0.05, 0) is 12.3 Å². The smallest absolute Gasteiger partial charge is 0.304 e. The molecule has 1 aliphatic rings. The van der Waals surface area contributed by atoms with E-state index >= 15 is 0 Å². The summed E-state index contributed by atoms with van der Waals surface area (Å²) < 4.78 is 33.7. The van der Waals surface area contributed by atoms with Gasteiger partial charge in [0.2, 0.25) is 5.89 Å². The van der Waals surface area contributed by atoms with Crippen LogP contribution in [0.5, 0.6) is 0 Å². The predicted molar refractivity (Wildman–Crippen MR) is 107 cm³/mol. The Bertz CT molecular complexity index is 933. The van der Waals surface area contributed by atoms with Crippen LogP contribution in [-0.4, -0.2) is 39.2 Å². The molecule has 0 amide bonds. The van der Waals surface area contributed by atoms with Crippen LogP contribution in [0.2, 0.25) is 0 Å². The molecule has 0 radical (unpaired) electrons. The van der Waals surface area contributed by atoms with Gasteiger partial charge in [0.25, 0.3) is 10.0 Å². The Morgan fingerprint density at radius 1 is 1.37 bits per heavy atom. The van der Waals surface area contributed by atoms with Crippen LogP contribution in [0.25, 0.3) is 0 Å². The standard InChI is InChI=1S/C19H29N5O5S/c1-24-12-17(20-13-24)30(27,28)21-11-16-22-19(29-23-16)15(10-18(25)26)9-5-8-14-6-3-2-4-7-14/h12-15,21H,2-11H2,1H3,(H,25,26). The number of hydrogen-bond donors (Lipinski definition) is 2. The number of nitrogens with one attached hydrogen (secondary N) is 1. The number of nitrogens with zero attached hydrogens (tertiary/aromatic N) is 4. The summed E-state index contributed by atoms with van der Waals surface area (Å²) in [5.74, 6) is -0.170. The van der Waals surface area contributed by atoms with E-state index in [2.05, 4.69) is 19.8 Å². The summed E-state index contributed by atoms with van der Waals surface area (Å²) in [6.45, 7) is -0.162. The second kappa shape index (κ2) is 10.2. The van der Waals surface area contributed by atoms with Gasteiger partial charge in [-0.25, -0.2) is 18.1 Å². The number of hydrogen-bond acceptors (Lipinski definition) is 7. The number of sulfonamides is 1. The highest BCUT2D eigenvalue weighted by Gasteiger charge is 2.24. The molecule has 1 atom stereocenters. The number of imidazole rings is 1. The molecule has 0 aliphatic heterocycles. The monoisotopic (exact) mass is 439 g/mol. The molecule has 3 rings (SSSR count). The van der Waals surface area contributed by atoms with Gasteiger partial charge in [-0.15, -0.1) is 0 Å². The summed E-state index contributed by atoms with van der Waals surface area (Å²) in [4.78, 5) is 19.3. The number of aliphatic carboxylic acids is 1. The van der Waals surface area contributed by atoms with Crippen molar-refractivity contribution in [3.63, 3.8) is 0 Å². The minimum Gasteiger partial charge on any atom is -0.481 e. The molecule has 1 unspecified atom stereocenters. The minimum atomic E-state index is -3.79. The maximum Gasteiger partial charge on any atom is 0.304 e. The number of carboxylic acid groups (broad SMARTS) is 1. The molecule has 1 fully saturated rings. The van der Waals surface area contributed by atoms with Crippen molar-refractivity contribution >= 4 is 16.0 Å². The van der Waals surface area contributed by atoms with Crippen LogP contribution in [0.3, 0.4) is 0 Å². The van der Waals surface area contributed by atoms with Crippen molar-refractivity contribution in [2.24, 2.45) is 13.0 Å². The second-order valence-electron chi connectivity index (χ2n) is 7.98. The van der Waals surface area contributed by atoms with E-state index in [1.807, 2.05) is 0 Å². The first-order valence-corrected chi connectivity index (χ1v) is 11.8. The molecule has 10 nitrogen and oxygen atoms in total. The third-order valence-corrected chi connectivity index (χ3v) is 6.81. The van der Waals surface area contributed by atoms with E-state index in [1.165, 1.54) is 49.2 Å². The van der Waals surface area contributed by atoms with E-state index < -0.39 is 16.0 Å². The molecule has 1 aliphatic carbocycles. The highest BCUT2D eigenvalue weighted by Crippen LogP contribution is 2.31. The third-order valence-electron chi connectivity index (χ3n) is 5.52. The summed E-state index contributed by atoms with van der Waals surface area (Å²) >= 11 is 0. The molecule has 166 valence electrons. The van der Waals surface area contributed by atoms with Crippen molar-refractivity contribution in [2.45, 2.75) is 75.3 Å². The second-order valence-corrected chi connectivity index (χ2v) is 9.69. The lowest BCUT2D eigenvalue weighted by Crippen LogP contribution is -2.24. The van der Waals surface area contributed by atoms with E-state index in [0.717, 1.165) is 18.8 Å². The van der Waals surface area contributed by atoms with Crippen LogP contribution in [-0.2, 0) is 28.4 Å². The fourth-order valence-electron chi connectivity index (χ4n) is 3.92. The number of aromatic nitrogens is 4. The number of aryl methyl sites for hydroxylation is 1. The molecule has 0 aromatic carbocycles. The van der Waals surface area contributed by atoms with Crippen LogP contribution < -0.4 is 4.72 Å². The van der Waals surface area contributed by atoms with E-state index in [1.54, 1.807) is 7.05 Å². The Hall–Kier alpha value is -2.27. The maximum atomic E-state index is 12.2. The molecule has 2 aromatic heterocycles. The Kier molecular flexibility index (Phi) is 7.59. The van der Waals surface area contributed by atoms with Crippen molar-refractivity contribution in [2.75, 3.05) is 0 Å². The Balaban J connectivity index is 1.56. The van der Waals surface area contributed by atoms with E-state index in [4.69, 9.17) is 4.52 Å². The van der Waals surface area contributed by atoms with E-state index in [0.29, 0.717) is 6.42 Å². The van der Waals surface area contributed by atoms with Gasteiger partial charge in [-0.2, -0.15) is 4.98 Å². The molecule has 0 spiro atoms. The highest BCUT2D eigenvalue weighted by molar-refractivity contribution is 7.89. The van der Waals surface area contributed by atoms with Crippen LogP contribution in [0.1, 0.15) is 75.4 Å². The first kappa shape index (κ1) is 22.4. The first-order chi connectivity index (χ1) is 14.3. The van der Waals surface area contributed by atoms with E-state index in [9.17, 15) is 18.3 Å². The molecular weight excluding hydrogens is 410 g/mol. The fourth-order valence-corrected chi connectivity index (χ4v) is 4.88. The Labute approximate surface area is 176 Å². The quantitative estimate of drug-likeness (QED) is 0.544. The Morgan fingerprint density at radius 2 is 2.13 bits per heavy atom. The molecule has 0 saturated heterocycles. The number of rotatable bonds is 11. The summed E-state index contributed by atoms with van der Waals surface area (Å²) in [5, 5.41) is 13.0. The van der Waals surface area contributed by atoms with Crippen LogP contribution in [0.15, 0.2) is 22.1 Å². The lowest BCUT2D eigenvalue weighted by atomic mass is 9.84. The largest absolute Gasteiger partial charge is 0.481 e. The van der Waals surface area contributed by atoms with Gasteiger partial charge in [0.05, 0.1) is 19.3 Å². The van der Waals surface area contributed by atoms with Gasteiger partial charge in [-0.3, -0.25) is 4.79 Å². The third kappa shape index (κ3) is 6.36. The predicted octanol–water partition coefficient (Wildman–Crippen LogP) is 2.59. The highest BCUT2D eigenvalue weighted by atomic mass is 32.2. The van der Waals surface area contributed by atoms with Crippen molar-refractivity contribution < 1.29 is 22.8 Å². The SMILES string of the molecule is Cn1cnc(S(=O)(=O)NCc2noc(C(CCCC3CCCCC3)CC(=O)O)n2)c1. The van der Waals surface area contributed by atoms with Gasteiger partial charge in [0.15, 0.2) is 10.9 Å². The molecule has 1 saturated carbocycles. The van der Waals surface area contributed by atoms with Crippen LogP contribution >= 0.6 is 0 Å². The zero-order valence-electron chi connectivity index (χ0n) is 17.2. The zero-order chi connectivity index (χ0) is 21.6. The molecule has 2 heterocycles. The first-order valence-electron chi connectivity index (χ1n) is 10.4. The van der Waals surface area contributed by atoms with E-state index in [-0.39, 0.29) is 35.6 Å². The molecule has 11 heteroatoms. The molecule has 2 N–H and O–H groups in total. The van der Waals surface area contributed by atoms with Crippen LogP contribution in [0, 0.1) is 5.92 Å². The van der Waals surface area contributed by atoms with Crippen molar-refractivity contribution in [1.29, 1.82) is 0 Å². The van der Waals surface area contributed by atoms with Gasteiger partial charge < -0.3 is 14.2 Å². The lowest BCUT2D eigenvalue weighted by Gasteiger charge is -2.21. The van der Waals surface area contributed by atoms with Crippen LogP contribution in [0.4, 0.5) is 0 Å². The molecule has 30 heavy (non-hydrogen) atoms. The summed E-state index contributed by atoms with van der Waals surface area (Å²) in [6, 6.07) is 0. The average molecular weight is 440 g/mol. The minimum absolute atomic E-state index is 0.0913. The number of carboxylic acids is 1. The molecular formula is C19H29N5O5S. The fraction of sp³-hybridized carbons (Fsp3) is 0.684. The van der Waals surface area contributed by atoms with Gasteiger partial charge in [0, 0.05) is 19.2 Å². The Morgan fingerprint density at radius 3 is 2.80 bits per heavy atom. The van der Waals surface area contributed by atoms with Gasteiger partial charge in [0.1, 0.15) is 0 Å².